The Bertz CT molecular complexity index is 853. The van der Waals surface area contributed by atoms with E-state index in [9.17, 15) is 9.90 Å². The maximum atomic E-state index is 12.2. The molecular formula is C20H18N2O2S. The first-order valence-electron chi connectivity index (χ1n) is 7.85. The SMILES string of the molecule is O=C(CNc1cccc(O)c1)Nc1ccccc1Sc1ccccc1. The Hall–Kier alpha value is -2.92. The van der Waals surface area contributed by atoms with E-state index in [1.807, 2.05) is 54.6 Å². The third-order valence-electron chi connectivity index (χ3n) is 3.43. The van der Waals surface area contributed by atoms with E-state index < -0.39 is 0 Å². The van der Waals surface area contributed by atoms with E-state index in [-0.39, 0.29) is 18.2 Å². The van der Waals surface area contributed by atoms with Crippen LogP contribution in [0.3, 0.4) is 0 Å². The van der Waals surface area contributed by atoms with Crippen LogP contribution in [0.25, 0.3) is 0 Å². The predicted octanol–water partition coefficient (Wildman–Crippen LogP) is 4.59. The average molecular weight is 350 g/mol. The summed E-state index contributed by atoms with van der Waals surface area (Å²) in [6.07, 6.45) is 0. The molecule has 0 heterocycles. The number of phenols is 1. The summed E-state index contributed by atoms with van der Waals surface area (Å²) >= 11 is 1.60. The van der Waals surface area contributed by atoms with Crippen molar-refractivity contribution in [3.8, 4) is 5.75 Å². The van der Waals surface area contributed by atoms with Gasteiger partial charge in [0, 0.05) is 21.5 Å². The molecule has 4 nitrogen and oxygen atoms in total. The first kappa shape index (κ1) is 16.9. The van der Waals surface area contributed by atoms with Gasteiger partial charge in [-0.25, -0.2) is 0 Å². The van der Waals surface area contributed by atoms with E-state index >= 15 is 0 Å². The number of anilines is 2. The zero-order valence-corrected chi connectivity index (χ0v) is 14.3. The minimum Gasteiger partial charge on any atom is -0.508 e. The zero-order valence-electron chi connectivity index (χ0n) is 13.5. The molecule has 3 aromatic carbocycles. The van der Waals surface area contributed by atoms with Crippen LogP contribution in [0.5, 0.6) is 5.75 Å². The lowest BCUT2D eigenvalue weighted by Gasteiger charge is -2.12. The number of rotatable bonds is 6. The van der Waals surface area contributed by atoms with E-state index in [1.54, 1.807) is 36.0 Å². The number of carbonyl (C=O) groups is 1. The monoisotopic (exact) mass is 350 g/mol. The van der Waals surface area contributed by atoms with Crippen LogP contribution in [-0.2, 0) is 4.79 Å². The van der Waals surface area contributed by atoms with Gasteiger partial charge in [-0.3, -0.25) is 4.79 Å². The molecule has 1 amide bonds. The molecule has 5 heteroatoms. The zero-order chi connectivity index (χ0) is 17.5. The van der Waals surface area contributed by atoms with E-state index in [0.29, 0.717) is 5.69 Å². The molecule has 0 saturated heterocycles. The highest BCUT2D eigenvalue weighted by atomic mass is 32.2. The number of hydrogen-bond donors (Lipinski definition) is 3. The summed E-state index contributed by atoms with van der Waals surface area (Å²) in [7, 11) is 0. The van der Waals surface area contributed by atoms with Crippen molar-refractivity contribution >= 4 is 29.0 Å². The van der Waals surface area contributed by atoms with Crippen molar-refractivity contribution in [1.29, 1.82) is 0 Å². The summed E-state index contributed by atoms with van der Waals surface area (Å²) in [5.41, 5.74) is 1.47. The van der Waals surface area contributed by atoms with Crippen LogP contribution in [0.15, 0.2) is 88.7 Å². The summed E-state index contributed by atoms with van der Waals surface area (Å²) in [6, 6.07) is 24.4. The van der Waals surface area contributed by atoms with Crippen molar-refractivity contribution in [2.45, 2.75) is 9.79 Å². The molecule has 0 aliphatic heterocycles. The molecule has 0 spiro atoms. The van der Waals surface area contributed by atoms with Crippen molar-refractivity contribution < 1.29 is 9.90 Å². The van der Waals surface area contributed by atoms with Crippen LogP contribution in [0.4, 0.5) is 11.4 Å². The molecule has 0 saturated carbocycles. The standard InChI is InChI=1S/C20H18N2O2S/c23-16-8-6-7-15(13-16)21-14-20(24)22-18-11-4-5-12-19(18)25-17-9-2-1-3-10-17/h1-13,21,23H,14H2,(H,22,24). The van der Waals surface area contributed by atoms with Crippen molar-refractivity contribution in [3.05, 3.63) is 78.9 Å². The molecule has 3 N–H and O–H groups in total. The second-order valence-corrected chi connectivity index (χ2v) is 6.48. The topological polar surface area (TPSA) is 61.4 Å². The Kier molecular flexibility index (Phi) is 5.59. The van der Waals surface area contributed by atoms with Gasteiger partial charge in [0.15, 0.2) is 0 Å². The van der Waals surface area contributed by atoms with Gasteiger partial charge in [0.05, 0.1) is 12.2 Å². The molecule has 126 valence electrons. The highest BCUT2D eigenvalue weighted by molar-refractivity contribution is 7.99. The molecule has 3 rings (SSSR count). The minimum atomic E-state index is -0.149. The highest BCUT2D eigenvalue weighted by Gasteiger charge is 2.08. The first-order chi connectivity index (χ1) is 12.2. The normalized spacial score (nSPS) is 10.2. The van der Waals surface area contributed by atoms with Crippen molar-refractivity contribution in [3.63, 3.8) is 0 Å². The predicted molar refractivity (Wildman–Crippen MR) is 102 cm³/mol. The number of benzene rings is 3. The Morgan fingerprint density at radius 1 is 0.920 bits per heavy atom. The van der Waals surface area contributed by atoms with E-state index in [0.717, 1.165) is 15.5 Å². The average Bonchev–Trinajstić information content (AvgIpc) is 2.63. The van der Waals surface area contributed by atoms with Gasteiger partial charge in [-0.1, -0.05) is 48.2 Å². The Labute approximate surface area is 150 Å². The van der Waals surface area contributed by atoms with Crippen LogP contribution in [0, 0.1) is 0 Å². The third kappa shape index (κ3) is 5.02. The van der Waals surface area contributed by atoms with Crippen LogP contribution < -0.4 is 10.6 Å². The summed E-state index contributed by atoms with van der Waals surface area (Å²) in [5, 5.41) is 15.4. The number of hydrogen-bond acceptors (Lipinski definition) is 4. The molecule has 0 atom stereocenters. The van der Waals surface area contributed by atoms with Gasteiger partial charge >= 0.3 is 0 Å². The van der Waals surface area contributed by atoms with E-state index in [4.69, 9.17) is 0 Å². The fourth-order valence-electron chi connectivity index (χ4n) is 2.27. The Balaban J connectivity index is 1.63. The maximum absolute atomic E-state index is 12.2. The Morgan fingerprint density at radius 2 is 1.68 bits per heavy atom. The lowest BCUT2D eigenvalue weighted by Crippen LogP contribution is -2.22. The smallest absolute Gasteiger partial charge is 0.243 e. The van der Waals surface area contributed by atoms with Crippen LogP contribution >= 0.6 is 11.8 Å². The molecule has 0 radical (unpaired) electrons. The van der Waals surface area contributed by atoms with Gasteiger partial charge in [-0.05, 0) is 36.4 Å². The van der Waals surface area contributed by atoms with E-state index in [1.165, 1.54) is 0 Å². The number of carbonyl (C=O) groups excluding carboxylic acids is 1. The molecule has 0 aliphatic rings. The van der Waals surface area contributed by atoms with Gasteiger partial charge in [-0.2, -0.15) is 0 Å². The van der Waals surface area contributed by atoms with Crippen molar-refractivity contribution in [2.24, 2.45) is 0 Å². The maximum Gasteiger partial charge on any atom is 0.243 e. The number of para-hydroxylation sites is 1. The molecule has 25 heavy (non-hydrogen) atoms. The van der Waals surface area contributed by atoms with Crippen LogP contribution in [0.1, 0.15) is 0 Å². The lowest BCUT2D eigenvalue weighted by atomic mass is 10.3. The first-order valence-corrected chi connectivity index (χ1v) is 8.67. The van der Waals surface area contributed by atoms with Gasteiger partial charge in [0.25, 0.3) is 0 Å². The number of nitrogens with one attached hydrogen (secondary N) is 2. The lowest BCUT2D eigenvalue weighted by molar-refractivity contribution is -0.114. The largest absolute Gasteiger partial charge is 0.508 e. The molecule has 3 aromatic rings. The van der Waals surface area contributed by atoms with Gasteiger partial charge in [0.2, 0.25) is 5.91 Å². The second kappa shape index (κ2) is 8.26. The van der Waals surface area contributed by atoms with Crippen molar-refractivity contribution in [2.75, 3.05) is 17.2 Å². The summed E-state index contributed by atoms with van der Waals surface area (Å²) in [5.74, 6) is 0.0134. The van der Waals surface area contributed by atoms with Gasteiger partial charge in [0.1, 0.15) is 5.75 Å². The van der Waals surface area contributed by atoms with Crippen LogP contribution in [0.2, 0.25) is 0 Å². The molecule has 0 unspecified atom stereocenters. The molecular weight excluding hydrogens is 332 g/mol. The summed E-state index contributed by atoms with van der Waals surface area (Å²) in [4.78, 5) is 14.3. The van der Waals surface area contributed by atoms with Gasteiger partial charge < -0.3 is 15.7 Å². The number of amides is 1. The van der Waals surface area contributed by atoms with Crippen molar-refractivity contribution in [1.82, 2.24) is 0 Å². The van der Waals surface area contributed by atoms with E-state index in [2.05, 4.69) is 10.6 Å². The minimum absolute atomic E-state index is 0.119. The number of phenolic OH excluding ortho intramolecular Hbond substituents is 1. The number of aromatic hydroxyl groups is 1. The van der Waals surface area contributed by atoms with Crippen LogP contribution in [-0.4, -0.2) is 17.6 Å². The molecule has 0 aliphatic carbocycles. The molecule has 0 aromatic heterocycles. The third-order valence-corrected chi connectivity index (χ3v) is 4.52. The molecule has 0 fully saturated rings. The fraction of sp³-hybridized carbons (Fsp3) is 0.0500. The summed E-state index contributed by atoms with van der Waals surface area (Å²) in [6.45, 7) is 0.119. The quantitative estimate of drug-likeness (QED) is 0.608. The second-order valence-electron chi connectivity index (χ2n) is 5.36. The Morgan fingerprint density at radius 3 is 2.48 bits per heavy atom. The molecule has 0 bridgehead atoms. The fourth-order valence-corrected chi connectivity index (χ4v) is 3.19. The highest BCUT2D eigenvalue weighted by Crippen LogP contribution is 2.33. The summed E-state index contributed by atoms with van der Waals surface area (Å²) < 4.78 is 0. The van der Waals surface area contributed by atoms with Gasteiger partial charge in [-0.15, -0.1) is 0 Å².